The molecule has 0 saturated heterocycles. The summed E-state index contributed by atoms with van der Waals surface area (Å²) in [6.07, 6.45) is 3.98. The lowest BCUT2D eigenvalue weighted by atomic mass is 9.94. The molecule has 4 rings (SSSR count). The van der Waals surface area contributed by atoms with Gasteiger partial charge in [-0.25, -0.2) is 0 Å². The average molecular weight is 453 g/mol. The quantitative estimate of drug-likeness (QED) is 0.622. The fourth-order valence-electron chi connectivity index (χ4n) is 3.48. The molecule has 2 aromatic carbocycles. The predicted molar refractivity (Wildman–Crippen MR) is 123 cm³/mol. The number of hydrogen-bond acceptors (Lipinski definition) is 4. The van der Waals surface area contributed by atoms with E-state index in [4.69, 9.17) is 28.9 Å². The summed E-state index contributed by atoms with van der Waals surface area (Å²) in [6, 6.07) is 13.8. The highest BCUT2D eigenvalue weighted by Crippen LogP contribution is 2.38. The van der Waals surface area contributed by atoms with Crippen LogP contribution < -0.4 is 5.73 Å². The van der Waals surface area contributed by atoms with Gasteiger partial charge in [0.05, 0.1) is 22.6 Å². The van der Waals surface area contributed by atoms with Crippen molar-refractivity contribution in [2.75, 3.05) is 13.1 Å². The standard InChI is InChI=1S/C23H18Cl2N4O2/c24-18-8-5-14(12-17(18)19-4-1-2-10-28-19)20-15(6-7-16(21(20)25)22(26)30)23(31)29-11-3-9-27-13-29/h1-2,4-8,10,12-13H,3,9,11H2,(H2,26,30). The van der Waals surface area contributed by atoms with Gasteiger partial charge in [-0.05, 0) is 48.4 Å². The second kappa shape index (κ2) is 8.88. The molecule has 156 valence electrons. The lowest BCUT2D eigenvalue weighted by molar-refractivity contribution is 0.0847. The van der Waals surface area contributed by atoms with Crippen molar-refractivity contribution in [1.82, 2.24) is 9.88 Å². The molecule has 0 atom stereocenters. The summed E-state index contributed by atoms with van der Waals surface area (Å²) < 4.78 is 0. The van der Waals surface area contributed by atoms with Gasteiger partial charge in [-0.3, -0.25) is 24.5 Å². The van der Waals surface area contributed by atoms with E-state index in [0.717, 1.165) is 6.42 Å². The summed E-state index contributed by atoms with van der Waals surface area (Å²) >= 11 is 13.0. The van der Waals surface area contributed by atoms with E-state index < -0.39 is 5.91 Å². The molecule has 3 aromatic rings. The molecule has 0 bridgehead atoms. The fourth-order valence-corrected chi connectivity index (χ4v) is 4.06. The zero-order valence-corrected chi connectivity index (χ0v) is 17.9. The average Bonchev–Trinajstić information content (AvgIpc) is 2.80. The highest BCUT2D eigenvalue weighted by molar-refractivity contribution is 6.37. The van der Waals surface area contributed by atoms with E-state index in [0.29, 0.717) is 46.1 Å². The Morgan fingerprint density at radius 1 is 1.03 bits per heavy atom. The van der Waals surface area contributed by atoms with Crippen molar-refractivity contribution < 1.29 is 9.59 Å². The first kappa shape index (κ1) is 21.0. The minimum Gasteiger partial charge on any atom is -0.366 e. The minimum absolute atomic E-state index is 0.113. The third-order valence-electron chi connectivity index (χ3n) is 5.00. The highest BCUT2D eigenvalue weighted by atomic mass is 35.5. The molecule has 2 amide bonds. The lowest BCUT2D eigenvalue weighted by Gasteiger charge is -2.23. The van der Waals surface area contributed by atoms with Gasteiger partial charge in [0.25, 0.3) is 5.91 Å². The Bertz CT molecular complexity index is 1200. The van der Waals surface area contributed by atoms with Gasteiger partial charge in [0.15, 0.2) is 0 Å². The van der Waals surface area contributed by atoms with E-state index in [1.54, 1.807) is 30.5 Å². The summed E-state index contributed by atoms with van der Waals surface area (Å²) in [7, 11) is 0. The number of carbonyl (C=O) groups excluding carboxylic acids is 2. The summed E-state index contributed by atoms with van der Waals surface area (Å²) in [5.74, 6) is -0.936. The van der Waals surface area contributed by atoms with Crippen LogP contribution in [0, 0.1) is 0 Å². The van der Waals surface area contributed by atoms with Crippen LogP contribution in [0.15, 0.2) is 59.7 Å². The number of pyridine rings is 1. The van der Waals surface area contributed by atoms with Crippen LogP contribution in [-0.4, -0.2) is 41.1 Å². The summed E-state index contributed by atoms with van der Waals surface area (Å²) in [4.78, 5) is 35.3. The Morgan fingerprint density at radius 3 is 2.52 bits per heavy atom. The van der Waals surface area contributed by atoms with Crippen molar-refractivity contribution in [3.05, 3.63) is 75.9 Å². The third kappa shape index (κ3) is 4.17. The van der Waals surface area contributed by atoms with Gasteiger partial charge < -0.3 is 5.73 Å². The molecule has 0 spiro atoms. The van der Waals surface area contributed by atoms with E-state index in [-0.39, 0.29) is 16.5 Å². The number of aromatic nitrogens is 1. The summed E-state index contributed by atoms with van der Waals surface area (Å²) in [5, 5.41) is 0.613. The van der Waals surface area contributed by atoms with Crippen molar-refractivity contribution in [1.29, 1.82) is 0 Å². The monoisotopic (exact) mass is 452 g/mol. The van der Waals surface area contributed by atoms with E-state index in [1.165, 1.54) is 17.3 Å². The Labute approximate surface area is 189 Å². The van der Waals surface area contributed by atoms with E-state index in [1.807, 2.05) is 18.2 Å². The zero-order chi connectivity index (χ0) is 22.0. The van der Waals surface area contributed by atoms with Crippen molar-refractivity contribution >= 4 is 41.4 Å². The van der Waals surface area contributed by atoms with Crippen LogP contribution in [0.1, 0.15) is 27.1 Å². The first-order valence-corrected chi connectivity index (χ1v) is 10.4. The molecular weight excluding hydrogens is 435 g/mol. The van der Waals surface area contributed by atoms with Crippen LogP contribution in [0.2, 0.25) is 10.0 Å². The molecule has 0 saturated carbocycles. The number of aliphatic imine (C=N–C) groups is 1. The summed E-state index contributed by atoms with van der Waals surface area (Å²) in [6.45, 7) is 1.24. The number of carbonyl (C=O) groups is 2. The van der Waals surface area contributed by atoms with Gasteiger partial charge in [-0.2, -0.15) is 0 Å². The Balaban J connectivity index is 1.91. The Hall–Kier alpha value is -3.22. The van der Waals surface area contributed by atoms with Crippen molar-refractivity contribution in [2.45, 2.75) is 6.42 Å². The molecule has 0 unspecified atom stereocenters. The molecule has 1 aliphatic heterocycles. The molecule has 0 radical (unpaired) electrons. The topological polar surface area (TPSA) is 88.7 Å². The maximum atomic E-state index is 13.3. The highest BCUT2D eigenvalue weighted by Gasteiger charge is 2.25. The molecule has 0 aliphatic carbocycles. The number of amides is 2. The van der Waals surface area contributed by atoms with Crippen LogP contribution >= 0.6 is 23.2 Å². The molecular formula is C23H18Cl2N4O2. The second-order valence-electron chi connectivity index (χ2n) is 7.00. The Morgan fingerprint density at radius 2 is 1.84 bits per heavy atom. The normalized spacial score (nSPS) is 13.3. The number of nitrogens with zero attached hydrogens (tertiary/aromatic N) is 3. The Kier molecular flexibility index (Phi) is 6.02. The lowest BCUT2D eigenvalue weighted by Crippen LogP contribution is -2.34. The fraction of sp³-hybridized carbons (Fsp3) is 0.130. The number of rotatable bonds is 4. The van der Waals surface area contributed by atoms with Gasteiger partial charge >= 0.3 is 0 Å². The number of benzene rings is 2. The van der Waals surface area contributed by atoms with E-state index >= 15 is 0 Å². The third-order valence-corrected chi connectivity index (χ3v) is 5.72. The van der Waals surface area contributed by atoms with E-state index in [9.17, 15) is 9.59 Å². The number of hydrogen-bond donors (Lipinski definition) is 1. The summed E-state index contributed by atoms with van der Waals surface area (Å²) in [5.41, 5.74) is 8.37. The molecule has 2 heterocycles. The second-order valence-corrected chi connectivity index (χ2v) is 7.78. The zero-order valence-electron chi connectivity index (χ0n) is 16.4. The van der Waals surface area contributed by atoms with Crippen LogP contribution in [0.3, 0.4) is 0 Å². The van der Waals surface area contributed by atoms with Gasteiger partial charge in [0.2, 0.25) is 5.91 Å². The van der Waals surface area contributed by atoms with E-state index in [2.05, 4.69) is 9.98 Å². The molecule has 0 fully saturated rings. The van der Waals surface area contributed by atoms with Crippen LogP contribution in [-0.2, 0) is 0 Å². The van der Waals surface area contributed by atoms with Crippen LogP contribution in [0.25, 0.3) is 22.4 Å². The van der Waals surface area contributed by atoms with Crippen molar-refractivity contribution in [3.63, 3.8) is 0 Å². The SMILES string of the molecule is NC(=O)c1ccc(C(=O)N2C=NCCC2)c(-c2ccc(Cl)c(-c3ccccn3)c2)c1Cl. The van der Waals surface area contributed by atoms with Gasteiger partial charge in [-0.15, -0.1) is 0 Å². The smallest absolute Gasteiger partial charge is 0.259 e. The molecule has 1 aromatic heterocycles. The van der Waals surface area contributed by atoms with Crippen molar-refractivity contribution in [3.8, 4) is 22.4 Å². The van der Waals surface area contributed by atoms with Crippen molar-refractivity contribution in [2.24, 2.45) is 10.7 Å². The van der Waals surface area contributed by atoms with Gasteiger partial charge in [-0.1, -0.05) is 35.3 Å². The maximum absolute atomic E-state index is 13.3. The maximum Gasteiger partial charge on any atom is 0.259 e. The first-order chi connectivity index (χ1) is 15.0. The predicted octanol–water partition coefficient (Wildman–Crippen LogP) is 4.70. The largest absolute Gasteiger partial charge is 0.366 e. The molecule has 6 nitrogen and oxygen atoms in total. The minimum atomic E-state index is -0.677. The molecule has 31 heavy (non-hydrogen) atoms. The molecule has 1 aliphatic rings. The first-order valence-electron chi connectivity index (χ1n) is 9.62. The molecule has 8 heteroatoms. The number of halogens is 2. The van der Waals surface area contributed by atoms with Gasteiger partial charge in [0, 0.05) is 41.0 Å². The number of nitrogens with two attached hydrogens (primary N) is 1. The van der Waals surface area contributed by atoms with Crippen LogP contribution in [0.4, 0.5) is 0 Å². The number of primary amides is 1. The molecule has 2 N–H and O–H groups in total. The van der Waals surface area contributed by atoms with Gasteiger partial charge in [0.1, 0.15) is 0 Å². The van der Waals surface area contributed by atoms with Crippen LogP contribution in [0.5, 0.6) is 0 Å².